The van der Waals surface area contributed by atoms with E-state index in [4.69, 9.17) is 5.11 Å². The molecule has 1 amide bonds. The molecule has 0 aromatic heterocycles. The van der Waals surface area contributed by atoms with Crippen molar-refractivity contribution in [2.45, 2.75) is 46.6 Å². The number of aromatic carboxylic acids is 1. The molecule has 0 bridgehead atoms. The Kier molecular flexibility index (Phi) is 9.01. The monoisotopic (exact) mass is 341 g/mol. The molecule has 0 saturated heterocycles. The second-order valence-corrected chi connectivity index (χ2v) is 5.62. The summed E-state index contributed by atoms with van der Waals surface area (Å²) in [6, 6.07) is 14.9. The number of aryl methyl sites for hydroxylation is 2. The summed E-state index contributed by atoms with van der Waals surface area (Å²) >= 11 is 0. The minimum atomic E-state index is -0.948. The van der Waals surface area contributed by atoms with Gasteiger partial charge in [-0.3, -0.25) is 4.79 Å². The van der Waals surface area contributed by atoms with Crippen molar-refractivity contribution in [2.24, 2.45) is 0 Å². The molecular weight excluding hydrogens is 314 g/mol. The molecule has 0 spiro atoms. The quantitative estimate of drug-likeness (QED) is 0.786. The van der Waals surface area contributed by atoms with E-state index >= 15 is 0 Å². The van der Waals surface area contributed by atoms with Crippen LogP contribution in [0.25, 0.3) is 0 Å². The topological polar surface area (TPSA) is 66.4 Å². The number of hydrogen-bond donors (Lipinski definition) is 2. The Balaban J connectivity index is 0.00000151. The van der Waals surface area contributed by atoms with Crippen LogP contribution in [0.1, 0.15) is 53.7 Å². The zero-order chi connectivity index (χ0) is 18.7. The van der Waals surface area contributed by atoms with Crippen LogP contribution in [0, 0.1) is 6.92 Å². The van der Waals surface area contributed by atoms with E-state index in [1.165, 1.54) is 11.1 Å². The van der Waals surface area contributed by atoms with Crippen LogP contribution < -0.4 is 5.32 Å². The van der Waals surface area contributed by atoms with Crippen LogP contribution in [0.5, 0.6) is 0 Å². The van der Waals surface area contributed by atoms with Crippen molar-refractivity contribution in [2.75, 3.05) is 0 Å². The zero-order valence-corrected chi connectivity index (χ0v) is 15.2. The third kappa shape index (κ3) is 7.66. The Hall–Kier alpha value is -2.62. The Bertz CT molecular complexity index is 661. The molecule has 4 nitrogen and oxygen atoms in total. The third-order valence-corrected chi connectivity index (χ3v) is 3.68. The van der Waals surface area contributed by atoms with Gasteiger partial charge in [0.2, 0.25) is 5.91 Å². The maximum absolute atomic E-state index is 11.8. The lowest BCUT2D eigenvalue weighted by atomic mass is 10.1. The molecule has 0 fully saturated rings. The summed E-state index contributed by atoms with van der Waals surface area (Å²) in [5.74, 6) is -0.934. The molecule has 0 saturated carbocycles. The van der Waals surface area contributed by atoms with Gasteiger partial charge in [0, 0.05) is 13.0 Å². The van der Waals surface area contributed by atoms with Crippen molar-refractivity contribution >= 4 is 11.9 Å². The van der Waals surface area contributed by atoms with Crippen LogP contribution in [0.15, 0.2) is 48.5 Å². The molecule has 2 N–H and O–H groups in total. The molecule has 25 heavy (non-hydrogen) atoms. The lowest BCUT2D eigenvalue weighted by Crippen LogP contribution is -2.22. The van der Waals surface area contributed by atoms with Crippen LogP contribution in [-0.4, -0.2) is 17.0 Å². The normalized spacial score (nSPS) is 9.72. The molecule has 4 heteroatoms. The summed E-state index contributed by atoms with van der Waals surface area (Å²) in [7, 11) is 0. The number of amides is 1. The molecule has 0 heterocycles. The predicted molar refractivity (Wildman–Crippen MR) is 101 cm³/mol. The van der Waals surface area contributed by atoms with E-state index in [0.29, 0.717) is 13.0 Å². The van der Waals surface area contributed by atoms with Crippen LogP contribution in [0.4, 0.5) is 0 Å². The molecule has 0 atom stereocenters. The lowest BCUT2D eigenvalue weighted by Gasteiger charge is -2.06. The number of rotatable bonds is 7. The molecule has 134 valence electrons. The summed E-state index contributed by atoms with van der Waals surface area (Å²) in [4.78, 5) is 22.6. The van der Waals surface area contributed by atoms with Crippen molar-refractivity contribution in [3.8, 4) is 0 Å². The van der Waals surface area contributed by atoms with Crippen molar-refractivity contribution in [1.82, 2.24) is 5.32 Å². The van der Waals surface area contributed by atoms with Gasteiger partial charge in [0.25, 0.3) is 0 Å². The molecule has 2 aromatic rings. The Labute approximate surface area is 149 Å². The zero-order valence-electron chi connectivity index (χ0n) is 15.2. The van der Waals surface area contributed by atoms with Gasteiger partial charge in [0.15, 0.2) is 0 Å². The molecule has 0 aliphatic rings. The average Bonchev–Trinajstić information content (AvgIpc) is 2.63. The maximum Gasteiger partial charge on any atom is 0.335 e. The maximum atomic E-state index is 11.8. The van der Waals surface area contributed by atoms with Gasteiger partial charge in [-0.1, -0.05) is 55.8 Å². The summed E-state index contributed by atoms with van der Waals surface area (Å²) < 4.78 is 0. The molecule has 2 aromatic carbocycles. The molecular formula is C21H27NO3. The van der Waals surface area contributed by atoms with Gasteiger partial charge in [-0.2, -0.15) is 0 Å². The van der Waals surface area contributed by atoms with Gasteiger partial charge in [-0.25, -0.2) is 4.79 Å². The fourth-order valence-corrected chi connectivity index (χ4v) is 2.26. The molecule has 0 aliphatic carbocycles. The minimum Gasteiger partial charge on any atom is -0.478 e. The highest BCUT2D eigenvalue weighted by atomic mass is 16.4. The number of carboxylic acid groups (broad SMARTS) is 1. The van der Waals surface area contributed by atoms with Crippen LogP contribution in [-0.2, 0) is 17.8 Å². The van der Waals surface area contributed by atoms with Gasteiger partial charge in [0.05, 0.1) is 5.56 Å². The highest BCUT2D eigenvalue weighted by Gasteiger charge is 2.04. The van der Waals surface area contributed by atoms with Gasteiger partial charge in [0.1, 0.15) is 0 Å². The predicted octanol–water partition coefficient (Wildman–Crippen LogP) is 4.36. The number of nitrogens with one attached hydrogen (secondary N) is 1. The smallest absolute Gasteiger partial charge is 0.335 e. The third-order valence-electron chi connectivity index (χ3n) is 3.68. The SMILES string of the molecule is CC.Cc1ccc(CCCC(=O)NCc2ccc(C(=O)O)cc2)cc1. The Morgan fingerprint density at radius 3 is 2.04 bits per heavy atom. The van der Waals surface area contributed by atoms with Crippen LogP contribution >= 0.6 is 0 Å². The summed E-state index contributed by atoms with van der Waals surface area (Å²) in [6.45, 7) is 6.48. The average molecular weight is 341 g/mol. The standard InChI is InChI=1S/C19H21NO3.C2H6/c1-14-5-7-15(8-6-14)3-2-4-18(21)20-13-16-9-11-17(12-10-16)19(22)23;1-2/h5-12H,2-4,13H2,1H3,(H,20,21)(H,22,23);1-2H3. The van der Waals surface area contributed by atoms with Crippen molar-refractivity contribution in [3.63, 3.8) is 0 Å². The fourth-order valence-electron chi connectivity index (χ4n) is 2.26. The van der Waals surface area contributed by atoms with Crippen LogP contribution in [0.3, 0.4) is 0 Å². The van der Waals surface area contributed by atoms with E-state index in [0.717, 1.165) is 18.4 Å². The second kappa shape index (κ2) is 11.0. The molecule has 0 radical (unpaired) electrons. The van der Waals surface area contributed by atoms with E-state index in [9.17, 15) is 9.59 Å². The molecule has 0 aliphatic heterocycles. The van der Waals surface area contributed by atoms with Gasteiger partial charge >= 0.3 is 5.97 Å². The van der Waals surface area contributed by atoms with Crippen molar-refractivity contribution in [3.05, 3.63) is 70.8 Å². The number of hydrogen-bond acceptors (Lipinski definition) is 2. The van der Waals surface area contributed by atoms with Crippen molar-refractivity contribution < 1.29 is 14.7 Å². The first-order valence-corrected chi connectivity index (χ1v) is 8.69. The number of benzene rings is 2. The van der Waals surface area contributed by atoms with E-state index in [-0.39, 0.29) is 11.5 Å². The van der Waals surface area contributed by atoms with E-state index in [1.54, 1.807) is 24.3 Å². The molecule has 0 unspecified atom stereocenters. The highest BCUT2D eigenvalue weighted by Crippen LogP contribution is 2.08. The second-order valence-electron chi connectivity index (χ2n) is 5.62. The highest BCUT2D eigenvalue weighted by molar-refractivity contribution is 5.87. The minimum absolute atomic E-state index is 0.0134. The van der Waals surface area contributed by atoms with Gasteiger partial charge in [-0.15, -0.1) is 0 Å². The van der Waals surface area contributed by atoms with Crippen LogP contribution in [0.2, 0.25) is 0 Å². The number of carbonyl (C=O) groups is 2. The summed E-state index contributed by atoms with van der Waals surface area (Å²) in [6.07, 6.45) is 2.19. The van der Waals surface area contributed by atoms with Gasteiger partial charge in [-0.05, 0) is 43.0 Å². The largest absolute Gasteiger partial charge is 0.478 e. The van der Waals surface area contributed by atoms with Crippen molar-refractivity contribution in [1.29, 1.82) is 0 Å². The lowest BCUT2D eigenvalue weighted by molar-refractivity contribution is -0.121. The Morgan fingerprint density at radius 1 is 0.920 bits per heavy atom. The number of carbonyl (C=O) groups excluding carboxylic acids is 1. The van der Waals surface area contributed by atoms with E-state index in [1.807, 2.05) is 13.8 Å². The van der Waals surface area contributed by atoms with E-state index < -0.39 is 5.97 Å². The number of carboxylic acids is 1. The Morgan fingerprint density at radius 2 is 1.48 bits per heavy atom. The first-order chi connectivity index (χ1) is 12.0. The first-order valence-electron chi connectivity index (χ1n) is 8.69. The first kappa shape index (κ1) is 20.4. The molecule has 2 rings (SSSR count). The summed E-state index contributed by atoms with van der Waals surface area (Å²) in [5.41, 5.74) is 3.62. The van der Waals surface area contributed by atoms with Gasteiger partial charge < -0.3 is 10.4 Å². The summed E-state index contributed by atoms with van der Waals surface area (Å²) in [5, 5.41) is 11.7. The fraction of sp³-hybridized carbons (Fsp3) is 0.333. The van der Waals surface area contributed by atoms with E-state index in [2.05, 4.69) is 36.5 Å².